The Morgan fingerprint density at radius 2 is 1.79 bits per heavy atom. The van der Waals surface area contributed by atoms with E-state index < -0.39 is 12.7 Å². The average Bonchev–Trinajstić information content (AvgIpc) is 2.62. The number of hydrogen-bond donors (Lipinski definition) is 0. The van der Waals surface area contributed by atoms with Gasteiger partial charge in [-0.15, -0.1) is 0 Å². The molecule has 122 valence electrons. The molecule has 0 N–H and O–H groups in total. The Labute approximate surface area is 151 Å². The van der Waals surface area contributed by atoms with Gasteiger partial charge in [0.1, 0.15) is 7.05 Å². The zero-order valence-corrected chi connectivity index (χ0v) is 14.5. The van der Waals surface area contributed by atoms with Crippen molar-refractivity contribution < 1.29 is 10.1 Å². The quantitative estimate of drug-likeness (QED) is 0.570. The van der Waals surface area contributed by atoms with E-state index in [2.05, 4.69) is 42.0 Å². The molecule has 1 nitrogen and oxygen atoms in total. The summed E-state index contributed by atoms with van der Waals surface area (Å²) < 4.78 is 32.9. The summed E-state index contributed by atoms with van der Waals surface area (Å²) in [4.78, 5) is 0. The van der Waals surface area contributed by atoms with Gasteiger partial charge in [0.25, 0.3) is 0 Å². The first kappa shape index (κ1) is 12.0. The lowest BCUT2D eigenvalue weighted by atomic mass is 9.98. The first-order valence-corrected chi connectivity index (χ1v) is 8.23. The first-order valence-electron chi connectivity index (χ1n) is 10.2. The Morgan fingerprint density at radius 3 is 2.50 bits per heavy atom. The predicted octanol–water partition coefficient (Wildman–Crippen LogP) is 5.35. The highest BCUT2D eigenvalue weighted by atomic mass is 14.9. The molecule has 3 aromatic rings. The maximum absolute atomic E-state index is 8.13. The first-order chi connectivity index (χ1) is 13.1. The third-order valence-corrected chi connectivity index (χ3v) is 4.33. The molecule has 0 saturated heterocycles. The standard InChI is InChI=1S/C23H26N/c1-17(2)15-19-9-11-20(12-10-19)21-13-14-24(4)23(16-21)22-8-6-5-7-18(22)3/h5-14,16-17H,15H2,1-4H3/q+1/i1D3,17D. The minimum absolute atomic E-state index is 0.196. The number of aryl methyl sites for hydroxylation is 2. The number of benzene rings is 2. The van der Waals surface area contributed by atoms with Crippen molar-refractivity contribution in [1.82, 2.24) is 0 Å². The van der Waals surface area contributed by atoms with E-state index in [0.29, 0.717) is 0 Å². The monoisotopic (exact) mass is 320 g/mol. The van der Waals surface area contributed by atoms with Crippen LogP contribution in [0.2, 0.25) is 0 Å². The fraction of sp³-hybridized carbons (Fsp3) is 0.261. The van der Waals surface area contributed by atoms with Crippen LogP contribution in [0, 0.1) is 12.8 Å². The van der Waals surface area contributed by atoms with Gasteiger partial charge in [-0.2, -0.15) is 0 Å². The van der Waals surface area contributed by atoms with Crippen LogP contribution in [0.1, 0.15) is 30.4 Å². The van der Waals surface area contributed by atoms with E-state index in [1.54, 1.807) is 0 Å². The molecular weight excluding hydrogens is 290 g/mol. The summed E-state index contributed by atoms with van der Waals surface area (Å²) in [6.07, 6.45) is 2.25. The molecule has 24 heavy (non-hydrogen) atoms. The minimum atomic E-state index is -2.30. The fourth-order valence-corrected chi connectivity index (χ4v) is 3.00. The van der Waals surface area contributed by atoms with Gasteiger partial charge >= 0.3 is 0 Å². The average molecular weight is 320 g/mol. The van der Waals surface area contributed by atoms with Crippen molar-refractivity contribution >= 4 is 0 Å². The van der Waals surface area contributed by atoms with Crippen LogP contribution in [0.3, 0.4) is 0 Å². The van der Waals surface area contributed by atoms with Crippen molar-refractivity contribution in [2.45, 2.75) is 27.1 Å². The van der Waals surface area contributed by atoms with Crippen LogP contribution in [0.25, 0.3) is 22.4 Å². The smallest absolute Gasteiger partial charge is 0.201 e. The molecule has 0 spiro atoms. The highest BCUT2D eigenvalue weighted by molar-refractivity contribution is 5.70. The molecule has 0 amide bonds. The van der Waals surface area contributed by atoms with E-state index in [0.717, 1.165) is 22.4 Å². The molecule has 0 fully saturated rings. The summed E-state index contributed by atoms with van der Waals surface area (Å²) in [5, 5.41) is 0. The second-order valence-electron chi connectivity index (χ2n) is 6.38. The number of hydrogen-bond acceptors (Lipinski definition) is 0. The van der Waals surface area contributed by atoms with Crippen molar-refractivity contribution in [2.24, 2.45) is 12.9 Å². The number of rotatable bonds is 4. The molecule has 1 atom stereocenters. The van der Waals surface area contributed by atoms with Crippen LogP contribution in [0.5, 0.6) is 0 Å². The SMILES string of the molecule is [2H]C([2H])([2H])C([2H])(C)Cc1ccc(-c2cc[n+](C)c(-c3ccccc3C)c2)cc1. The maximum Gasteiger partial charge on any atom is 0.213 e. The number of pyridine rings is 1. The zero-order chi connectivity index (χ0) is 20.5. The van der Waals surface area contributed by atoms with E-state index in [-0.39, 0.29) is 6.42 Å². The van der Waals surface area contributed by atoms with Gasteiger partial charge in [-0.3, -0.25) is 0 Å². The minimum Gasteiger partial charge on any atom is -0.201 e. The molecule has 3 rings (SSSR count). The molecule has 1 heteroatoms. The third-order valence-electron chi connectivity index (χ3n) is 4.33. The van der Waals surface area contributed by atoms with Crippen LogP contribution in [-0.2, 0) is 13.5 Å². The van der Waals surface area contributed by atoms with E-state index in [4.69, 9.17) is 5.48 Å². The molecule has 0 radical (unpaired) electrons. The summed E-state index contributed by atoms with van der Waals surface area (Å²) in [6, 6.07) is 20.4. The largest absolute Gasteiger partial charge is 0.213 e. The molecule has 1 unspecified atom stereocenters. The molecule has 1 aromatic heterocycles. The molecule has 0 aliphatic heterocycles. The summed E-state index contributed by atoms with van der Waals surface area (Å²) in [7, 11) is 2.04. The molecule has 0 aliphatic carbocycles. The van der Waals surface area contributed by atoms with Gasteiger partial charge in [0.05, 0.1) is 0 Å². The molecule has 0 saturated carbocycles. The van der Waals surface area contributed by atoms with Crippen LogP contribution in [0.15, 0.2) is 66.9 Å². The summed E-state index contributed by atoms with van der Waals surface area (Å²) >= 11 is 0. The van der Waals surface area contributed by atoms with E-state index >= 15 is 0 Å². The summed E-state index contributed by atoms with van der Waals surface area (Å²) in [5.74, 6) is -1.49. The number of nitrogens with zero attached hydrogens (tertiary/aromatic N) is 1. The molecule has 0 bridgehead atoms. The van der Waals surface area contributed by atoms with Gasteiger partial charge in [-0.1, -0.05) is 56.2 Å². The van der Waals surface area contributed by atoms with Crippen LogP contribution >= 0.6 is 0 Å². The predicted molar refractivity (Wildman–Crippen MR) is 102 cm³/mol. The van der Waals surface area contributed by atoms with Crippen molar-refractivity contribution in [3.05, 3.63) is 78.0 Å². The Hall–Kier alpha value is -2.41. The highest BCUT2D eigenvalue weighted by Crippen LogP contribution is 2.26. The second kappa shape index (κ2) is 7.00. The van der Waals surface area contributed by atoms with Crippen molar-refractivity contribution in [3.63, 3.8) is 0 Å². The number of aromatic nitrogens is 1. The lowest BCUT2D eigenvalue weighted by Gasteiger charge is -2.08. The lowest BCUT2D eigenvalue weighted by Crippen LogP contribution is -2.30. The van der Waals surface area contributed by atoms with Crippen molar-refractivity contribution in [3.8, 4) is 22.4 Å². The van der Waals surface area contributed by atoms with Gasteiger partial charge in [0.15, 0.2) is 6.20 Å². The topological polar surface area (TPSA) is 3.88 Å². The van der Waals surface area contributed by atoms with Crippen LogP contribution in [0.4, 0.5) is 0 Å². The van der Waals surface area contributed by atoms with Gasteiger partial charge in [0.2, 0.25) is 5.69 Å². The van der Waals surface area contributed by atoms with Gasteiger partial charge in [0, 0.05) is 23.2 Å². The summed E-state index contributed by atoms with van der Waals surface area (Å²) in [5.41, 5.74) is 6.60. The molecule has 2 aromatic carbocycles. The zero-order valence-electron chi connectivity index (χ0n) is 18.5. The second-order valence-corrected chi connectivity index (χ2v) is 6.38. The van der Waals surface area contributed by atoms with Crippen LogP contribution in [-0.4, -0.2) is 0 Å². The van der Waals surface area contributed by atoms with E-state index in [1.165, 1.54) is 18.1 Å². The van der Waals surface area contributed by atoms with E-state index in [9.17, 15) is 0 Å². The Balaban J connectivity index is 1.91. The Morgan fingerprint density at radius 1 is 1.04 bits per heavy atom. The summed E-state index contributed by atoms with van der Waals surface area (Å²) in [6.45, 7) is 1.28. The lowest BCUT2D eigenvalue weighted by molar-refractivity contribution is -0.660. The van der Waals surface area contributed by atoms with Crippen LogP contribution < -0.4 is 4.57 Å². The van der Waals surface area contributed by atoms with Crippen molar-refractivity contribution in [2.75, 3.05) is 0 Å². The normalized spacial score (nSPS) is 16.5. The fourth-order valence-electron chi connectivity index (χ4n) is 3.00. The Kier molecular flexibility index (Phi) is 3.51. The molecular formula is C23H26N+. The Bertz CT molecular complexity index is 973. The van der Waals surface area contributed by atoms with Crippen molar-refractivity contribution in [1.29, 1.82) is 0 Å². The molecule has 1 heterocycles. The third kappa shape index (κ3) is 3.56. The van der Waals surface area contributed by atoms with Gasteiger partial charge in [-0.05, 0) is 47.6 Å². The maximum atomic E-state index is 8.13. The highest BCUT2D eigenvalue weighted by Gasteiger charge is 2.13. The van der Waals surface area contributed by atoms with Gasteiger partial charge in [-0.25, -0.2) is 4.57 Å². The van der Waals surface area contributed by atoms with Gasteiger partial charge < -0.3 is 0 Å². The van der Waals surface area contributed by atoms with E-state index in [1.807, 2.05) is 43.4 Å². The molecule has 0 aliphatic rings.